The van der Waals surface area contributed by atoms with Gasteiger partial charge in [0.2, 0.25) is 5.91 Å². The summed E-state index contributed by atoms with van der Waals surface area (Å²) >= 11 is 0. The Labute approximate surface area is 114 Å². The molecule has 0 radical (unpaired) electrons. The van der Waals surface area contributed by atoms with Gasteiger partial charge in [-0.15, -0.1) is 0 Å². The van der Waals surface area contributed by atoms with Gasteiger partial charge in [0, 0.05) is 19.6 Å². The van der Waals surface area contributed by atoms with Crippen molar-refractivity contribution in [2.75, 3.05) is 26.2 Å². The minimum atomic E-state index is -0.872. The summed E-state index contributed by atoms with van der Waals surface area (Å²) in [7, 11) is 0. The summed E-state index contributed by atoms with van der Waals surface area (Å²) in [4.78, 5) is 24.6. The van der Waals surface area contributed by atoms with E-state index in [4.69, 9.17) is 9.84 Å². The number of morpholine rings is 1. The Bertz CT molecular complexity index is 320. The van der Waals surface area contributed by atoms with Crippen molar-refractivity contribution in [3.05, 3.63) is 0 Å². The Morgan fingerprint density at radius 1 is 1.42 bits per heavy atom. The number of carbonyl (C=O) groups excluding carboxylic acids is 1. The summed E-state index contributed by atoms with van der Waals surface area (Å²) in [6.45, 7) is 8.21. The molecule has 0 aromatic heterocycles. The lowest BCUT2D eigenvalue weighted by Gasteiger charge is -2.35. The topological polar surface area (TPSA) is 78.9 Å². The number of hydrogen-bond acceptors (Lipinski definition) is 4. The van der Waals surface area contributed by atoms with Gasteiger partial charge in [0.25, 0.3) is 0 Å². The first-order chi connectivity index (χ1) is 8.90. The predicted molar refractivity (Wildman–Crippen MR) is 70.9 cm³/mol. The Hall–Kier alpha value is -1.14. The summed E-state index contributed by atoms with van der Waals surface area (Å²) in [6, 6.07) is -0.251. The van der Waals surface area contributed by atoms with Crippen molar-refractivity contribution >= 4 is 11.9 Å². The fourth-order valence-electron chi connectivity index (χ4n) is 2.03. The molecule has 1 aliphatic heterocycles. The number of carbonyl (C=O) groups is 2. The fraction of sp³-hybridized carbons (Fsp3) is 0.846. The third-order valence-electron chi connectivity index (χ3n) is 3.18. The molecule has 6 heteroatoms. The van der Waals surface area contributed by atoms with E-state index in [1.54, 1.807) is 0 Å². The Kier molecular flexibility index (Phi) is 6.24. The monoisotopic (exact) mass is 272 g/mol. The number of nitrogens with zero attached hydrogens (tertiary/aromatic N) is 1. The van der Waals surface area contributed by atoms with E-state index in [1.807, 2.05) is 25.7 Å². The first-order valence-electron chi connectivity index (χ1n) is 6.75. The largest absolute Gasteiger partial charge is 0.481 e. The maximum atomic E-state index is 12.0. The maximum Gasteiger partial charge on any atom is 0.306 e. The molecular weight excluding hydrogens is 248 g/mol. The van der Waals surface area contributed by atoms with Gasteiger partial charge in [-0.1, -0.05) is 13.8 Å². The van der Waals surface area contributed by atoms with Gasteiger partial charge in [-0.25, -0.2) is 0 Å². The second kappa shape index (κ2) is 7.45. The second-order valence-corrected chi connectivity index (χ2v) is 5.40. The van der Waals surface area contributed by atoms with Gasteiger partial charge < -0.3 is 15.2 Å². The number of hydrogen-bond donors (Lipinski definition) is 2. The molecule has 1 heterocycles. The molecule has 1 fully saturated rings. The number of rotatable bonds is 6. The van der Waals surface area contributed by atoms with Crippen molar-refractivity contribution in [1.29, 1.82) is 0 Å². The lowest BCUT2D eigenvalue weighted by Crippen LogP contribution is -2.52. The van der Waals surface area contributed by atoms with Crippen LogP contribution in [0.25, 0.3) is 0 Å². The molecule has 0 aromatic rings. The standard InChI is InChI=1S/C13H24N2O4/c1-9(2)7-14-13(18)10(3)15-4-5-19-11(8-15)6-12(16)17/h9-11H,4-8H2,1-3H3,(H,14,18)(H,16,17). The van der Waals surface area contributed by atoms with E-state index in [0.29, 0.717) is 32.2 Å². The third kappa shape index (κ3) is 5.57. The van der Waals surface area contributed by atoms with E-state index in [1.165, 1.54) is 0 Å². The zero-order valence-electron chi connectivity index (χ0n) is 11.9. The molecule has 2 atom stereocenters. The van der Waals surface area contributed by atoms with E-state index in [0.717, 1.165) is 0 Å². The SMILES string of the molecule is CC(C)CNC(=O)C(C)N1CCOC(CC(=O)O)C1. The van der Waals surface area contributed by atoms with Crippen LogP contribution >= 0.6 is 0 Å². The van der Waals surface area contributed by atoms with Gasteiger partial charge in [-0.05, 0) is 12.8 Å². The highest BCUT2D eigenvalue weighted by Gasteiger charge is 2.28. The third-order valence-corrected chi connectivity index (χ3v) is 3.18. The molecule has 19 heavy (non-hydrogen) atoms. The van der Waals surface area contributed by atoms with Crippen LogP contribution in [0, 0.1) is 5.92 Å². The van der Waals surface area contributed by atoms with E-state index < -0.39 is 5.97 Å². The van der Waals surface area contributed by atoms with E-state index in [2.05, 4.69) is 5.32 Å². The smallest absolute Gasteiger partial charge is 0.306 e. The first-order valence-corrected chi connectivity index (χ1v) is 6.75. The van der Waals surface area contributed by atoms with Crippen molar-refractivity contribution < 1.29 is 19.4 Å². The molecule has 0 spiro atoms. The molecule has 1 aliphatic rings. The zero-order valence-corrected chi connectivity index (χ0v) is 11.9. The number of nitrogens with one attached hydrogen (secondary N) is 1. The van der Waals surface area contributed by atoms with Crippen LogP contribution in [0.3, 0.4) is 0 Å². The van der Waals surface area contributed by atoms with Gasteiger partial charge in [0.1, 0.15) is 0 Å². The van der Waals surface area contributed by atoms with Crippen LogP contribution in [0.15, 0.2) is 0 Å². The summed E-state index contributed by atoms with van der Waals surface area (Å²) in [5.74, 6) is -0.464. The summed E-state index contributed by atoms with van der Waals surface area (Å²) in [5, 5.41) is 11.7. The summed E-state index contributed by atoms with van der Waals surface area (Å²) in [6.07, 6.45) is -0.344. The lowest BCUT2D eigenvalue weighted by atomic mass is 10.1. The number of ether oxygens (including phenoxy) is 1. The van der Waals surface area contributed by atoms with Crippen molar-refractivity contribution in [1.82, 2.24) is 10.2 Å². The molecule has 0 saturated carbocycles. The second-order valence-electron chi connectivity index (χ2n) is 5.40. The molecule has 0 aliphatic carbocycles. The molecule has 1 amide bonds. The Morgan fingerprint density at radius 2 is 2.11 bits per heavy atom. The van der Waals surface area contributed by atoms with Crippen molar-refractivity contribution in [3.63, 3.8) is 0 Å². The van der Waals surface area contributed by atoms with Crippen LogP contribution < -0.4 is 5.32 Å². The molecule has 2 unspecified atom stereocenters. The summed E-state index contributed by atoms with van der Waals surface area (Å²) in [5.41, 5.74) is 0. The van der Waals surface area contributed by atoms with Crippen LogP contribution in [0.2, 0.25) is 0 Å². The highest BCUT2D eigenvalue weighted by molar-refractivity contribution is 5.81. The average molecular weight is 272 g/mol. The van der Waals surface area contributed by atoms with Crippen LogP contribution in [0.5, 0.6) is 0 Å². The quantitative estimate of drug-likeness (QED) is 0.728. The zero-order chi connectivity index (χ0) is 14.4. The van der Waals surface area contributed by atoms with Gasteiger partial charge in [-0.2, -0.15) is 0 Å². The Balaban J connectivity index is 2.44. The van der Waals surface area contributed by atoms with Crippen molar-refractivity contribution in [2.45, 2.75) is 39.3 Å². The van der Waals surface area contributed by atoms with Gasteiger partial charge in [0.05, 0.1) is 25.2 Å². The van der Waals surface area contributed by atoms with E-state index >= 15 is 0 Å². The number of amides is 1. The molecule has 0 bridgehead atoms. The van der Waals surface area contributed by atoms with Crippen LogP contribution in [-0.4, -0.2) is 60.3 Å². The predicted octanol–water partition coefficient (Wildman–Crippen LogP) is 0.323. The molecule has 1 saturated heterocycles. The minimum absolute atomic E-state index is 0.00956. The van der Waals surface area contributed by atoms with Crippen LogP contribution in [0.1, 0.15) is 27.2 Å². The molecule has 110 valence electrons. The molecule has 1 rings (SSSR count). The number of carboxylic acid groups (broad SMARTS) is 1. The molecule has 0 aromatic carbocycles. The minimum Gasteiger partial charge on any atom is -0.481 e. The lowest BCUT2D eigenvalue weighted by molar-refractivity contribution is -0.143. The average Bonchev–Trinajstić information content (AvgIpc) is 2.34. The van der Waals surface area contributed by atoms with E-state index in [9.17, 15) is 9.59 Å². The van der Waals surface area contributed by atoms with E-state index in [-0.39, 0.29) is 24.5 Å². The van der Waals surface area contributed by atoms with Crippen molar-refractivity contribution in [2.24, 2.45) is 5.92 Å². The van der Waals surface area contributed by atoms with Gasteiger partial charge in [0.15, 0.2) is 0 Å². The Morgan fingerprint density at radius 3 is 2.68 bits per heavy atom. The van der Waals surface area contributed by atoms with Crippen LogP contribution in [0.4, 0.5) is 0 Å². The molecule has 6 nitrogen and oxygen atoms in total. The highest BCUT2D eigenvalue weighted by Crippen LogP contribution is 2.12. The molecular formula is C13H24N2O4. The molecule has 2 N–H and O–H groups in total. The van der Waals surface area contributed by atoms with Crippen molar-refractivity contribution in [3.8, 4) is 0 Å². The highest BCUT2D eigenvalue weighted by atomic mass is 16.5. The fourth-order valence-corrected chi connectivity index (χ4v) is 2.03. The summed E-state index contributed by atoms with van der Waals surface area (Å²) < 4.78 is 5.39. The normalized spacial score (nSPS) is 22.2. The first kappa shape index (κ1) is 15.9. The van der Waals surface area contributed by atoms with Crippen LogP contribution in [-0.2, 0) is 14.3 Å². The number of aliphatic carboxylic acids is 1. The maximum absolute atomic E-state index is 12.0. The number of carboxylic acids is 1. The van der Waals surface area contributed by atoms with Gasteiger partial charge >= 0.3 is 5.97 Å². The van der Waals surface area contributed by atoms with Gasteiger partial charge in [-0.3, -0.25) is 14.5 Å².